The van der Waals surface area contributed by atoms with Gasteiger partial charge < -0.3 is 10.5 Å². The van der Waals surface area contributed by atoms with Crippen molar-refractivity contribution in [2.75, 3.05) is 0 Å². The number of hydrogen-bond donors (Lipinski definition) is 1. The molecular weight excluding hydrogens is 219 g/mol. The fourth-order valence-electron chi connectivity index (χ4n) is 1.87. The van der Waals surface area contributed by atoms with Gasteiger partial charge in [0.25, 0.3) is 0 Å². The number of hydrogen-bond acceptors (Lipinski definition) is 2. The van der Waals surface area contributed by atoms with Crippen molar-refractivity contribution >= 4 is 0 Å². The Bertz CT molecular complexity index is 403. The SMILES string of the molecule is CCC1Oc2ccc(C(F)(F)F)cc2C1N. The number of rotatable bonds is 1. The van der Waals surface area contributed by atoms with Gasteiger partial charge in [-0.1, -0.05) is 6.92 Å². The summed E-state index contributed by atoms with van der Waals surface area (Å²) in [5.74, 6) is 0.465. The summed E-state index contributed by atoms with van der Waals surface area (Å²) in [5.41, 5.74) is 5.59. The van der Waals surface area contributed by atoms with E-state index in [2.05, 4.69) is 0 Å². The highest BCUT2D eigenvalue weighted by molar-refractivity contribution is 5.44. The predicted molar refractivity (Wildman–Crippen MR) is 53.1 cm³/mol. The van der Waals surface area contributed by atoms with Crippen LogP contribution in [-0.2, 0) is 6.18 Å². The minimum absolute atomic E-state index is 0.224. The molecule has 2 rings (SSSR count). The molecule has 1 aromatic carbocycles. The van der Waals surface area contributed by atoms with Gasteiger partial charge in [0.1, 0.15) is 11.9 Å². The molecule has 1 heterocycles. The van der Waals surface area contributed by atoms with Crippen LogP contribution in [0.1, 0.15) is 30.5 Å². The first-order chi connectivity index (χ1) is 7.43. The van der Waals surface area contributed by atoms with Gasteiger partial charge in [-0.25, -0.2) is 0 Å². The average molecular weight is 231 g/mol. The van der Waals surface area contributed by atoms with E-state index in [9.17, 15) is 13.2 Å². The van der Waals surface area contributed by atoms with Crippen molar-refractivity contribution < 1.29 is 17.9 Å². The third-order valence-corrected chi connectivity index (χ3v) is 2.78. The minimum Gasteiger partial charge on any atom is -0.488 e. The van der Waals surface area contributed by atoms with E-state index >= 15 is 0 Å². The van der Waals surface area contributed by atoms with Gasteiger partial charge in [0.05, 0.1) is 11.6 Å². The van der Waals surface area contributed by atoms with Crippen LogP contribution in [0.5, 0.6) is 5.75 Å². The van der Waals surface area contributed by atoms with Crippen molar-refractivity contribution in [1.29, 1.82) is 0 Å². The molecule has 0 saturated carbocycles. The Morgan fingerprint density at radius 2 is 2.06 bits per heavy atom. The van der Waals surface area contributed by atoms with Gasteiger partial charge in [0.2, 0.25) is 0 Å². The number of benzene rings is 1. The molecule has 1 aliphatic heterocycles. The molecule has 16 heavy (non-hydrogen) atoms. The van der Waals surface area contributed by atoms with Gasteiger partial charge in [-0.3, -0.25) is 0 Å². The minimum atomic E-state index is -4.33. The van der Waals surface area contributed by atoms with Gasteiger partial charge >= 0.3 is 6.18 Å². The van der Waals surface area contributed by atoms with Crippen LogP contribution in [0.15, 0.2) is 18.2 Å². The molecule has 2 atom stereocenters. The molecule has 0 fully saturated rings. The fraction of sp³-hybridized carbons (Fsp3) is 0.455. The molecule has 0 amide bonds. The smallest absolute Gasteiger partial charge is 0.416 e. The van der Waals surface area contributed by atoms with Crippen LogP contribution in [0, 0.1) is 0 Å². The van der Waals surface area contributed by atoms with E-state index in [1.807, 2.05) is 6.92 Å². The van der Waals surface area contributed by atoms with Crippen LogP contribution in [-0.4, -0.2) is 6.10 Å². The quantitative estimate of drug-likeness (QED) is 0.806. The molecule has 88 valence electrons. The lowest BCUT2D eigenvalue weighted by Crippen LogP contribution is -2.24. The van der Waals surface area contributed by atoms with Gasteiger partial charge in [0, 0.05) is 5.56 Å². The summed E-state index contributed by atoms with van der Waals surface area (Å²) in [5, 5.41) is 0. The lowest BCUT2D eigenvalue weighted by molar-refractivity contribution is -0.137. The second kappa shape index (κ2) is 3.66. The topological polar surface area (TPSA) is 35.2 Å². The van der Waals surface area contributed by atoms with E-state index in [4.69, 9.17) is 10.5 Å². The third-order valence-electron chi connectivity index (χ3n) is 2.78. The predicted octanol–water partition coefficient (Wildman–Crippen LogP) is 2.88. The summed E-state index contributed by atoms with van der Waals surface area (Å²) in [6, 6.07) is 2.97. The second-order valence-electron chi connectivity index (χ2n) is 3.84. The highest BCUT2D eigenvalue weighted by atomic mass is 19.4. The summed E-state index contributed by atoms with van der Waals surface area (Å²) < 4.78 is 42.9. The van der Waals surface area contributed by atoms with E-state index < -0.39 is 17.8 Å². The summed E-state index contributed by atoms with van der Waals surface area (Å²) in [4.78, 5) is 0. The third kappa shape index (κ3) is 1.75. The fourth-order valence-corrected chi connectivity index (χ4v) is 1.87. The zero-order valence-corrected chi connectivity index (χ0v) is 8.71. The molecule has 1 aliphatic rings. The van der Waals surface area contributed by atoms with Crippen LogP contribution in [0.3, 0.4) is 0 Å². The molecule has 0 aliphatic carbocycles. The molecule has 2 N–H and O–H groups in total. The first-order valence-electron chi connectivity index (χ1n) is 5.07. The van der Waals surface area contributed by atoms with Gasteiger partial charge in [-0.15, -0.1) is 0 Å². The van der Waals surface area contributed by atoms with Crippen molar-refractivity contribution in [2.45, 2.75) is 31.7 Å². The van der Waals surface area contributed by atoms with Crippen LogP contribution in [0.4, 0.5) is 13.2 Å². The Morgan fingerprint density at radius 3 is 2.62 bits per heavy atom. The van der Waals surface area contributed by atoms with E-state index in [-0.39, 0.29) is 6.10 Å². The summed E-state index contributed by atoms with van der Waals surface area (Å²) in [6.45, 7) is 1.89. The number of fused-ring (bicyclic) bond motifs is 1. The average Bonchev–Trinajstić information content (AvgIpc) is 2.54. The maximum Gasteiger partial charge on any atom is 0.416 e. The van der Waals surface area contributed by atoms with Crippen LogP contribution < -0.4 is 10.5 Å². The van der Waals surface area contributed by atoms with Gasteiger partial charge in [0.15, 0.2) is 0 Å². The zero-order chi connectivity index (χ0) is 11.9. The van der Waals surface area contributed by atoms with Crippen molar-refractivity contribution in [2.24, 2.45) is 5.73 Å². The maximum atomic E-state index is 12.5. The number of alkyl halides is 3. The first-order valence-corrected chi connectivity index (χ1v) is 5.07. The van der Waals surface area contributed by atoms with Crippen LogP contribution >= 0.6 is 0 Å². The Morgan fingerprint density at radius 1 is 1.38 bits per heavy atom. The van der Waals surface area contributed by atoms with E-state index in [1.54, 1.807) is 0 Å². The Hall–Kier alpha value is -1.23. The highest BCUT2D eigenvalue weighted by Crippen LogP contribution is 2.40. The summed E-state index contributed by atoms with van der Waals surface area (Å²) >= 11 is 0. The lowest BCUT2D eigenvalue weighted by atomic mass is 10.0. The molecule has 0 spiro atoms. The Balaban J connectivity index is 2.39. The lowest BCUT2D eigenvalue weighted by Gasteiger charge is -2.12. The number of nitrogens with two attached hydrogens (primary N) is 1. The van der Waals surface area contributed by atoms with E-state index in [0.717, 1.165) is 12.1 Å². The summed E-state index contributed by atoms with van der Waals surface area (Å²) in [7, 11) is 0. The first kappa shape index (κ1) is 11.3. The van der Waals surface area contributed by atoms with Crippen LogP contribution in [0.25, 0.3) is 0 Å². The van der Waals surface area contributed by atoms with Crippen molar-refractivity contribution in [1.82, 2.24) is 0 Å². The Kier molecular flexibility index (Phi) is 2.58. The number of halogens is 3. The van der Waals surface area contributed by atoms with Crippen LogP contribution in [0.2, 0.25) is 0 Å². The number of ether oxygens (including phenoxy) is 1. The molecular formula is C11H12F3NO. The molecule has 0 saturated heterocycles. The van der Waals surface area contributed by atoms with Crippen molar-refractivity contribution in [3.05, 3.63) is 29.3 Å². The van der Waals surface area contributed by atoms with Gasteiger partial charge in [-0.05, 0) is 24.6 Å². The molecule has 0 bridgehead atoms. The standard InChI is InChI=1S/C11H12F3NO/c1-2-8-10(15)7-5-6(11(12,13)14)3-4-9(7)16-8/h3-5,8,10H,2,15H2,1H3. The largest absolute Gasteiger partial charge is 0.488 e. The normalized spacial score (nSPS) is 24.1. The monoisotopic (exact) mass is 231 g/mol. The van der Waals surface area contributed by atoms with Gasteiger partial charge in [-0.2, -0.15) is 13.2 Å². The van der Waals surface area contributed by atoms with E-state index in [0.29, 0.717) is 17.7 Å². The summed E-state index contributed by atoms with van der Waals surface area (Å²) in [6.07, 6.45) is -3.88. The molecule has 2 unspecified atom stereocenters. The molecule has 5 heteroatoms. The highest BCUT2D eigenvalue weighted by Gasteiger charge is 2.35. The molecule has 1 aromatic rings. The molecule has 2 nitrogen and oxygen atoms in total. The van der Waals surface area contributed by atoms with E-state index in [1.165, 1.54) is 6.07 Å². The molecule has 0 aromatic heterocycles. The Labute approximate surface area is 91.2 Å². The zero-order valence-electron chi connectivity index (χ0n) is 8.71. The maximum absolute atomic E-state index is 12.5. The van der Waals surface area contributed by atoms with Crippen molar-refractivity contribution in [3.8, 4) is 5.75 Å². The van der Waals surface area contributed by atoms with Crippen molar-refractivity contribution in [3.63, 3.8) is 0 Å². The molecule has 0 radical (unpaired) electrons. The second-order valence-corrected chi connectivity index (χ2v) is 3.84.